The molecule has 2 aromatic carbocycles. The Morgan fingerprint density at radius 2 is 1.60 bits per heavy atom. The van der Waals surface area contributed by atoms with Crippen LogP contribution >= 0.6 is 11.6 Å². The van der Waals surface area contributed by atoms with Gasteiger partial charge in [0, 0.05) is 29.8 Å². The fraction of sp³-hybridized carbons (Fsp3) is 0.105. The van der Waals surface area contributed by atoms with Crippen LogP contribution in [-0.2, 0) is 6.54 Å². The third-order valence-corrected chi connectivity index (χ3v) is 4.28. The maximum Gasteiger partial charge on any atom is 0.251 e. The lowest BCUT2D eigenvalue weighted by Gasteiger charge is -2.17. The van der Waals surface area contributed by atoms with Crippen LogP contribution in [0.2, 0.25) is 5.02 Å². The first-order chi connectivity index (χ1) is 11.9. The maximum atomic E-state index is 13.9. The minimum absolute atomic E-state index is 0.126. The summed E-state index contributed by atoms with van der Waals surface area (Å²) in [5, 5.41) is -0.244. The van der Waals surface area contributed by atoms with Crippen LogP contribution in [0.5, 0.6) is 0 Å². The monoisotopic (exact) mass is 363 g/mol. The van der Waals surface area contributed by atoms with E-state index in [2.05, 4.69) is 0 Å². The normalized spacial score (nSPS) is 10.9. The molecule has 3 rings (SSSR count). The second-order valence-corrected chi connectivity index (χ2v) is 5.81. The van der Waals surface area contributed by atoms with E-state index in [-0.39, 0.29) is 16.1 Å². The molecule has 0 radical (unpaired) electrons. The first kappa shape index (κ1) is 17.3. The third-order valence-electron chi connectivity index (χ3n) is 3.90. The van der Waals surface area contributed by atoms with Crippen molar-refractivity contribution in [1.82, 2.24) is 4.57 Å². The van der Waals surface area contributed by atoms with Crippen molar-refractivity contribution >= 4 is 11.6 Å². The standard InChI is InChI=1S/C19H13ClF3NO/c1-2-24-17(25)8-7-14(15-9-13(22)10-16(23)18(15)20)19(24)11-3-5-12(21)6-4-11/h3-10H,2H2,1H3. The van der Waals surface area contributed by atoms with Gasteiger partial charge in [0.1, 0.15) is 17.5 Å². The molecule has 2 nitrogen and oxygen atoms in total. The van der Waals surface area contributed by atoms with Gasteiger partial charge in [0.2, 0.25) is 0 Å². The van der Waals surface area contributed by atoms with E-state index >= 15 is 0 Å². The van der Waals surface area contributed by atoms with Gasteiger partial charge in [0.05, 0.1) is 10.7 Å². The summed E-state index contributed by atoms with van der Waals surface area (Å²) in [6.07, 6.45) is 0. The van der Waals surface area contributed by atoms with Gasteiger partial charge in [-0.25, -0.2) is 13.2 Å². The Bertz CT molecular complexity index is 997. The van der Waals surface area contributed by atoms with Crippen LogP contribution in [0, 0.1) is 17.5 Å². The number of hydrogen-bond donors (Lipinski definition) is 0. The number of aromatic nitrogens is 1. The third kappa shape index (κ3) is 3.20. The van der Waals surface area contributed by atoms with E-state index in [0.717, 1.165) is 6.07 Å². The largest absolute Gasteiger partial charge is 0.308 e. The van der Waals surface area contributed by atoms with Crippen molar-refractivity contribution < 1.29 is 13.2 Å². The van der Waals surface area contributed by atoms with Crippen LogP contribution in [0.3, 0.4) is 0 Å². The summed E-state index contributed by atoms with van der Waals surface area (Å²) >= 11 is 6.03. The maximum absolute atomic E-state index is 13.9. The summed E-state index contributed by atoms with van der Waals surface area (Å²) in [6, 6.07) is 10.1. The number of rotatable bonds is 3. The smallest absolute Gasteiger partial charge is 0.251 e. The van der Waals surface area contributed by atoms with Gasteiger partial charge in [-0.2, -0.15) is 0 Å². The topological polar surface area (TPSA) is 22.0 Å². The molecule has 6 heteroatoms. The Labute approximate surface area is 147 Å². The van der Waals surface area contributed by atoms with Crippen molar-refractivity contribution in [1.29, 1.82) is 0 Å². The highest BCUT2D eigenvalue weighted by Crippen LogP contribution is 2.37. The summed E-state index contributed by atoms with van der Waals surface area (Å²) in [7, 11) is 0. The van der Waals surface area contributed by atoms with Gasteiger partial charge in [-0.05, 0) is 48.9 Å². The molecule has 0 aliphatic carbocycles. The van der Waals surface area contributed by atoms with Crippen LogP contribution in [-0.4, -0.2) is 4.57 Å². The molecular weight excluding hydrogens is 351 g/mol. The average molecular weight is 364 g/mol. The lowest BCUT2D eigenvalue weighted by atomic mass is 9.98. The molecule has 0 N–H and O–H groups in total. The molecule has 0 bridgehead atoms. The molecule has 128 valence electrons. The van der Waals surface area contributed by atoms with Gasteiger partial charge >= 0.3 is 0 Å². The van der Waals surface area contributed by atoms with Crippen LogP contribution < -0.4 is 5.56 Å². The molecule has 0 aliphatic heterocycles. The number of nitrogens with zero attached hydrogens (tertiary/aromatic N) is 1. The molecule has 3 aromatic rings. The molecule has 1 heterocycles. The minimum atomic E-state index is -0.893. The average Bonchev–Trinajstić information content (AvgIpc) is 2.59. The molecule has 0 saturated heterocycles. The number of pyridine rings is 1. The van der Waals surface area contributed by atoms with E-state index in [1.807, 2.05) is 0 Å². The highest BCUT2D eigenvalue weighted by molar-refractivity contribution is 6.33. The molecule has 0 saturated carbocycles. The quantitative estimate of drug-likeness (QED) is 0.581. The molecule has 0 aliphatic rings. The predicted molar refractivity (Wildman–Crippen MR) is 92.1 cm³/mol. The Kier molecular flexibility index (Phi) is 4.68. The molecular formula is C19H13ClF3NO. The first-order valence-electron chi connectivity index (χ1n) is 7.57. The fourth-order valence-corrected chi connectivity index (χ4v) is 2.99. The molecule has 0 fully saturated rings. The first-order valence-corrected chi connectivity index (χ1v) is 7.95. The molecule has 0 unspecified atom stereocenters. The van der Waals surface area contributed by atoms with E-state index in [1.54, 1.807) is 6.92 Å². The van der Waals surface area contributed by atoms with Crippen molar-refractivity contribution in [3.63, 3.8) is 0 Å². The van der Waals surface area contributed by atoms with E-state index in [9.17, 15) is 18.0 Å². The van der Waals surface area contributed by atoms with Crippen molar-refractivity contribution in [2.75, 3.05) is 0 Å². The van der Waals surface area contributed by atoms with Gasteiger partial charge < -0.3 is 4.57 Å². The summed E-state index contributed by atoms with van der Waals surface area (Å²) in [4.78, 5) is 12.2. The van der Waals surface area contributed by atoms with Crippen molar-refractivity contribution in [3.05, 3.63) is 81.4 Å². The summed E-state index contributed by atoms with van der Waals surface area (Å²) in [6.45, 7) is 2.10. The van der Waals surface area contributed by atoms with Crippen LogP contribution in [0.25, 0.3) is 22.4 Å². The van der Waals surface area contributed by atoms with Crippen LogP contribution in [0.4, 0.5) is 13.2 Å². The van der Waals surface area contributed by atoms with Gasteiger partial charge in [-0.15, -0.1) is 0 Å². The lowest BCUT2D eigenvalue weighted by Crippen LogP contribution is -2.20. The molecule has 0 spiro atoms. The lowest BCUT2D eigenvalue weighted by molar-refractivity contribution is 0.584. The SMILES string of the molecule is CCn1c(-c2ccc(F)cc2)c(-c2cc(F)cc(F)c2Cl)ccc1=O. The molecule has 0 atom stereocenters. The minimum Gasteiger partial charge on any atom is -0.308 e. The van der Waals surface area contributed by atoms with Crippen molar-refractivity contribution in [3.8, 4) is 22.4 Å². The number of hydrogen-bond acceptors (Lipinski definition) is 1. The Morgan fingerprint density at radius 1 is 0.920 bits per heavy atom. The predicted octanol–water partition coefficient (Wildman–Crippen LogP) is 5.27. The summed E-state index contributed by atoms with van der Waals surface area (Å²) in [5.41, 5.74) is 1.19. The van der Waals surface area contributed by atoms with Gasteiger partial charge in [-0.1, -0.05) is 11.6 Å². The van der Waals surface area contributed by atoms with E-state index in [0.29, 0.717) is 29.4 Å². The Hall–Kier alpha value is -2.53. The van der Waals surface area contributed by atoms with Crippen molar-refractivity contribution in [2.24, 2.45) is 0 Å². The van der Waals surface area contributed by atoms with Crippen LogP contribution in [0.1, 0.15) is 6.92 Å². The van der Waals surface area contributed by atoms with Crippen molar-refractivity contribution in [2.45, 2.75) is 13.5 Å². The van der Waals surface area contributed by atoms with Gasteiger partial charge in [-0.3, -0.25) is 4.79 Å². The zero-order valence-electron chi connectivity index (χ0n) is 13.2. The second kappa shape index (κ2) is 6.76. The number of benzene rings is 2. The molecule has 1 aromatic heterocycles. The zero-order chi connectivity index (χ0) is 18.1. The Balaban J connectivity index is 2.39. The molecule has 0 amide bonds. The highest BCUT2D eigenvalue weighted by Gasteiger charge is 2.18. The van der Waals surface area contributed by atoms with E-state index in [4.69, 9.17) is 11.6 Å². The fourth-order valence-electron chi connectivity index (χ4n) is 2.78. The zero-order valence-corrected chi connectivity index (χ0v) is 13.9. The van der Waals surface area contributed by atoms with Gasteiger partial charge in [0.15, 0.2) is 0 Å². The van der Waals surface area contributed by atoms with E-state index in [1.165, 1.54) is 41.0 Å². The van der Waals surface area contributed by atoms with E-state index < -0.39 is 17.5 Å². The second-order valence-electron chi connectivity index (χ2n) is 5.43. The summed E-state index contributed by atoms with van der Waals surface area (Å²) in [5.74, 6) is -2.10. The highest BCUT2D eigenvalue weighted by atomic mass is 35.5. The summed E-state index contributed by atoms with van der Waals surface area (Å²) < 4.78 is 42.3. The van der Waals surface area contributed by atoms with Gasteiger partial charge in [0.25, 0.3) is 5.56 Å². The number of halogens is 4. The van der Waals surface area contributed by atoms with Crippen LogP contribution in [0.15, 0.2) is 53.3 Å². The Morgan fingerprint density at radius 3 is 2.24 bits per heavy atom. The molecule has 25 heavy (non-hydrogen) atoms.